The summed E-state index contributed by atoms with van der Waals surface area (Å²) in [6.07, 6.45) is 0. The molecular formula is C56H36N2. The molecule has 10 aromatic carbocycles. The lowest BCUT2D eigenvalue weighted by atomic mass is 9.86. The third-order valence-corrected chi connectivity index (χ3v) is 12.1. The predicted octanol–water partition coefficient (Wildman–Crippen LogP) is 15.2. The number of rotatable bonds is 5. The average molecular weight is 737 g/mol. The van der Waals surface area contributed by atoms with Crippen molar-refractivity contribution < 1.29 is 0 Å². The smallest absolute Gasteiger partial charge is 0.0547 e. The maximum atomic E-state index is 2.42. The van der Waals surface area contributed by atoms with Gasteiger partial charge in [-0.3, -0.25) is 0 Å². The molecule has 270 valence electrons. The number of fused-ring (bicyclic) bond motifs is 8. The summed E-state index contributed by atoms with van der Waals surface area (Å²) < 4.78 is 4.81. The van der Waals surface area contributed by atoms with Crippen LogP contribution in [0, 0.1) is 0 Å². The number of benzene rings is 10. The summed E-state index contributed by atoms with van der Waals surface area (Å²) in [6, 6.07) is 79.9. The van der Waals surface area contributed by atoms with Gasteiger partial charge in [0.2, 0.25) is 0 Å². The minimum Gasteiger partial charge on any atom is -0.309 e. The zero-order valence-electron chi connectivity index (χ0n) is 31.7. The van der Waals surface area contributed by atoms with E-state index in [0.29, 0.717) is 0 Å². The molecule has 2 heterocycles. The van der Waals surface area contributed by atoms with Gasteiger partial charge in [-0.1, -0.05) is 164 Å². The summed E-state index contributed by atoms with van der Waals surface area (Å²) in [5.74, 6) is 0. The minimum absolute atomic E-state index is 1.14. The molecule has 12 rings (SSSR count). The fourth-order valence-electron chi connectivity index (χ4n) is 9.57. The van der Waals surface area contributed by atoms with Crippen molar-refractivity contribution in [3.05, 3.63) is 218 Å². The monoisotopic (exact) mass is 736 g/mol. The van der Waals surface area contributed by atoms with Crippen LogP contribution in [0.4, 0.5) is 0 Å². The fraction of sp³-hybridized carbons (Fsp3) is 0. The van der Waals surface area contributed by atoms with Crippen LogP contribution in [0.1, 0.15) is 0 Å². The van der Waals surface area contributed by atoms with E-state index in [2.05, 4.69) is 228 Å². The summed E-state index contributed by atoms with van der Waals surface area (Å²) in [5.41, 5.74) is 14.5. The Morgan fingerprint density at radius 1 is 0.207 bits per heavy atom. The van der Waals surface area contributed by atoms with Gasteiger partial charge >= 0.3 is 0 Å². The number of hydrogen-bond donors (Lipinski definition) is 0. The lowest BCUT2D eigenvalue weighted by molar-refractivity contribution is 1.18. The Morgan fingerprint density at radius 2 is 0.586 bits per heavy atom. The largest absolute Gasteiger partial charge is 0.309 e. The van der Waals surface area contributed by atoms with Crippen LogP contribution in [-0.2, 0) is 0 Å². The van der Waals surface area contributed by atoms with Crippen molar-refractivity contribution in [2.75, 3.05) is 0 Å². The van der Waals surface area contributed by atoms with Crippen LogP contribution in [0.25, 0.3) is 110 Å². The third kappa shape index (κ3) is 4.92. The molecule has 58 heavy (non-hydrogen) atoms. The van der Waals surface area contributed by atoms with Gasteiger partial charge in [-0.15, -0.1) is 0 Å². The quantitative estimate of drug-likeness (QED) is 0.156. The first-order valence-corrected chi connectivity index (χ1v) is 20.0. The van der Waals surface area contributed by atoms with Gasteiger partial charge in [0, 0.05) is 32.9 Å². The van der Waals surface area contributed by atoms with Crippen molar-refractivity contribution in [1.29, 1.82) is 0 Å². The summed E-state index contributed by atoms with van der Waals surface area (Å²) in [5, 5.41) is 10.1. The number of aromatic nitrogens is 2. The van der Waals surface area contributed by atoms with Crippen LogP contribution in [0.3, 0.4) is 0 Å². The van der Waals surface area contributed by atoms with Gasteiger partial charge in [0.15, 0.2) is 0 Å². The van der Waals surface area contributed by atoms with Crippen molar-refractivity contribution >= 4 is 65.2 Å². The molecule has 0 aliphatic rings. The molecule has 0 N–H and O–H groups in total. The Bertz CT molecular complexity index is 3480. The minimum atomic E-state index is 1.14. The highest BCUT2D eigenvalue weighted by Crippen LogP contribution is 2.44. The first-order valence-electron chi connectivity index (χ1n) is 20.0. The maximum Gasteiger partial charge on any atom is 0.0547 e. The normalized spacial score (nSPS) is 11.8. The van der Waals surface area contributed by atoms with Gasteiger partial charge in [-0.25, -0.2) is 0 Å². The zero-order valence-corrected chi connectivity index (χ0v) is 31.7. The van der Waals surface area contributed by atoms with Crippen LogP contribution in [-0.4, -0.2) is 9.13 Å². The second-order valence-corrected chi connectivity index (χ2v) is 15.3. The molecule has 0 saturated heterocycles. The van der Waals surface area contributed by atoms with Gasteiger partial charge in [0.25, 0.3) is 0 Å². The van der Waals surface area contributed by atoms with Gasteiger partial charge < -0.3 is 9.13 Å². The standard InChI is InChI=1S/C56H36N2/c1-3-15-37(16-4-1)55-46-21-7-9-23-48(46)56(49-24-10-8-22-47(49)55)38-27-31-42(32-28-38)57-52-26-14-12-20-44(52)50-35-39(30-34-53(50)57)40-29-33-45-43-19-11-13-25-51(43)58(54(45)36-40)41-17-5-2-6-18-41/h1-36H. The Hall–Kier alpha value is -7.68. The van der Waals surface area contributed by atoms with Crippen molar-refractivity contribution in [1.82, 2.24) is 9.13 Å². The third-order valence-electron chi connectivity index (χ3n) is 12.1. The molecule has 0 amide bonds. The van der Waals surface area contributed by atoms with E-state index < -0.39 is 0 Å². The Labute approximate surface area is 336 Å². The van der Waals surface area contributed by atoms with Crippen molar-refractivity contribution in [3.8, 4) is 44.8 Å². The molecule has 0 atom stereocenters. The fourth-order valence-corrected chi connectivity index (χ4v) is 9.57. The van der Waals surface area contributed by atoms with Crippen LogP contribution < -0.4 is 0 Å². The summed E-state index contributed by atoms with van der Waals surface area (Å²) in [4.78, 5) is 0. The molecule has 12 aromatic rings. The topological polar surface area (TPSA) is 9.86 Å². The maximum absolute atomic E-state index is 2.42. The molecule has 2 aromatic heterocycles. The van der Waals surface area contributed by atoms with E-state index in [1.807, 2.05) is 0 Å². The molecule has 0 radical (unpaired) electrons. The molecule has 0 unspecified atom stereocenters. The number of hydrogen-bond acceptors (Lipinski definition) is 0. The Kier molecular flexibility index (Phi) is 7.26. The molecule has 0 aliphatic carbocycles. The molecule has 0 fully saturated rings. The predicted molar refractivity (Wildman–Crippen MR) is 246 cm³/mol. The highest BCUT2D eigenvalue weighted by Gasteiger charge is 2.19. The van der Waals surface area contributed by atoms with E-state index >= 15 is 0 Å². The summed E-state index contributed by atoms with van der Waals surface area (Å²) in [6.45, 7) is 0. The molecular weight excluding hydrogens is 701 g/mol. The van der Waals surface area contributed by atoms with Crippen molar-refractivity contribution in [2.24, 2.45) is 0 Å². The van der Waals surface area contributed by atoms with Gasteiger partial charge in [0.1, 0.15) is 0 Å². The lowest BCUT2D eigenvalue weighted by Gasteiger charge is -2.18. The van der Waals surface area contributed by atoms with Gasteiger partial charge in [-0.05, 0) is 110 Å². The first-order chi connectivity index (χ1) is 28.8. The van der Waals surface area contributed by atoms with E-state index in [1.54, 1.807) is 0 Å². The summed E-state index contributed by atoms with van der Waals surface area (Å²) >= 11 is 0. The van der Waals surface area contributed by atoms with E-state index in [-0.39, 0.29) is 0 Å². The second kappa shape index (κ2) is 12.9. The van der Waals surface area contributed by atoms with E-state index in [4.69, 9.17) is 0 Å². The molecule has 0 aliphatic heterocycles. The van der Waals surface area contributed by atoms with Gasteiger partial charge in [-0.2, -0.15) is 0 Å². The average Bonchev–Trinajstić information content (AvgIpc) is 3.81. The Balaban J connectivity index is 1.00. The second-order valence-electron chi connectivity index (χ2n) is 15.3. The number of para-hydroxylation sites is 3. The highest BCUT2D eigenvalue weighted by atomic mass is 15.0. The molecule has 2 nitrogen and oxygen atoms in total. The highest BCUT2D eigenvalue weighted by molar-refractivity contribution is 6.21. The first kappa shape index (κ1) is 32.6. The van der Waals surface area contributed by atoms with Gasteiger partial charge in [0.05, 0.1) is 22.1 Å². The van der Waals surface area contributed by atoms with Crippen molar-refractivity contribution in [3.63, 3.8) is 0 Å². The van der Waals surface area contributed by atoms with Crippen LogP contribution >= 0.6 is 0 Å². The van der Waals surface area contributed by atoms with E-state index in [1.165, 1.54) is 104 Å². The van der Waals surface area contributed by atoms with Crippen LogP contribution in [0.5, 0.6) is 0 Å². The van der Waals surface area contributed by atoms with E-state index in [0.717, 1.165) is 5.69 Å². The van der Waals surface area contributed by atoms with Crippen LogP contribution in [0.2, 0.25) is 0 Å². The molecule has 0 saturated carbocycles. The number of nitrogens with zero attached hydrogens (tertiary/aromatic N) is 2. The molecule has 0 spiro atoms. The Morgan fingerprint density at radius 3 is 1.19 bits per heavy atom. The van der Waals surface area contributed by atoms with Crippen molar-refractivity contribution in [2.45, 2.75) is 0 Å². The van der Waals surface area contributed by atoms with Crippen LogP contribution in [0.15, 0.2) is 218 Å². The molecule has 2 heteroatoms. The molecule has 0 bridgehead atoms. The van der Waals surface area contributed by atoms with E-state index in [9.17, 15) is 0 Å². The lowest BCUT2D eigenvalue weighted by Crippen LogP contribution is -1.95. The summed E-state index contributed by atoms with van der Waals surface area (Å²) in [7, 11) is 0. The zero-order chi connectivity index (χ0) is 38.2. The SMILES string of the molecule is c1ccc(-c2c3ccccc3c(-c3ccc(-n4c5ccccc5c5cc(-c6ccc7c8ccccc8n(-c8ccccc8)c7c6)ccc54)cc3)c3ccccc23)cc1.